The molecule has 1 fully saturated rings. The van der Waals surface area contributed by atoms with Gasteiger partial charge in [-0.2, -0.15) is 0 Å². The van der Waals surface area contributed by atoms with Crippen LogP contribution < -0.4 is 15.5 Å². The van der Waals surface area contributed by atoms with Crippen LogP contribution in [-0.4, -0.2) is 65.5 Å². The molecule has 0 bridgehead atoms. The number of carbonyl (C=O) groups excluding carboxylic acids is 2. The molecule has 4 rings (SSSR count). The topological polar surface area (TPSA) is 115 Å². The number of pyridine rings is 1. The molecule has 9 heteroatoms. The second-order valence-electron chi connectivity index (χ2n) is 9.05. The van der Waals surface area contributed by atoms with Crippen molar-refractivity contribution in [3.63, 3.8) is 0 Å². The van der Waals surface area contributed by atoms with Crippen molar-refractivity contribution in [1.29, 1.82) is 0 Å². The van der Waals surface area contributed by atoms with E-state index in [0.29, 0.717) is 61.6 Å². The number of hydrogen-bond donors (Lipinski definition) is 3. The Morgan fingerprint density at radius 2 is 1.64 bits per heavy atom. The van der Waals surface area contributed by atoms with Gasteiger partial charge in [-0.25, -0.2) is 9.78 Å². The average Bonchev–Trinajstić information content (AvgIpc) is 2.86. The lowest BCUT2D eigenvalue weighted by molar-refractivity contribution is -0.117. The molecule has 0 atom stereocenters. The number of benzene rings is 2. The van der Waals surface area contributed by atoms with Crippen molar-refractivity contribution in [2.24, 2.45) is 0 Å². The second-order valence-corrected chi connectivity index (χ2v) is 9.05. The van der Waals surface area contributed by atoms with Crippen molar-refractivity contribution in [3.8, 4) is 0 Å². The molecule has 1 aliphatic heterocycles. The molecule has 2 amide bonds. The molecule has 9 nitrogen and oxygen atoms in total. The van der Waals surface area contributed by atoms with Crippen molar-refractivity contribution in [1.82, 2.24) is 9.88 Å². The van der Waals surface area contributed by atoms with E-state index in [1.54, 1.807) is 31.2 Å². The number of nitrogens with zero attached hydrogens (tertiary/aromatic N) is 3. The maximum absolute atomic E-state index is 12.6. The van der Waals surface area contributed by atoms with E-state index < -0.39 is 5.97 Å². The molecule has 0 unspecified atom stereocenters. The molecule has 1 saturated heterocycles. The predicted molar refractivity (Wildman–Crippen MR) is 141 cm³/mol. The molecule has 0 saturated carbocycles. The first-order valence-corrected chi connectivity index (χ1v) is 12.1. The number of aromatic nitrogens is 1. The van der Waals surface area contributed by atoms with E-state index in [1.165, 1.54) is 0 Å². The summed E-state index contributed by atoms with van der Waals surface area (Å²) in [4.78, 5) is 45.2. The number of fused-ring (bicyclic) bond motifs is 1. The number of nitrogens with one attached hydrogen (secondary N) is 2. The number of carboxylic acids is 1. The first-order valence-electron chi connectivity index (χ1n) is 12.1. The van der Waals surface area contributed by atoms with Crippen LogP contribution in [-0.2, 0) is 9.59 Å². The summed E-state index contributed by atoms with van der Waals surface area (Å²) in [5.41, 5.74) is 4.15. The number of hydrogen-bond acceptors (Lipinski definition) is 6. The highest BCUT2D eigenvalue weighted by molar-refractivity contribution is 6.05. The maximum Gasteiger partial charge on any atom is 0.336 e. The van der Waals surface area contributed by atoms with E-state index in [-0.39, 0.29) is 17.4 Å². The molecular formula is C27H31N5O4. The van der Waals surface area contributed by atoms with Gasteiger partial charge in [0.15, 0.2) is 0 Å². The minimum Gasteiger partial charge on any atom is -0.478 e. The fourth-order valence-corrected chi connectivity index (χ4v) is 4.41. The molecule has 0 spiro atoms. The number of anilines is 3. The van der Waals surface area contributed by atoms with E-state index in [1.807, 2.05) is 36.9 Å². The van der Waals surface area contributed by atoms with E-state index in [0.717, 1.165) is 16.8 Å². The molecule has 1 aliphatic rings. The Balaban J connectivity index is 1.44. The lowest BCUT2D eigenvalue weighted by Gasteiger charge is -2.35. The summed E-state index contributed by atoms with van der Waals surface area (Å²) in [6, 6.07) is 12.6. The van der Waals surface area contributed by atoms with Crippen LogP contribution in [0.4, 0.5) is 17.2 Å². The SMILES string of the molecule is CCC(=O)Nc1ccc2nc(N3CCN(CC(=O)Nc4c(C)cccc4C)CC3)cc(C(=O)O)c2c1. The Morgan fingerprint density at radius 3 is 2.28 bits per heavy atom. The number of amides is 2. The lowest BCUT2D eigenvalue weighted by Crippen LogP contribution is -2.49. The first-order chi connectivity index (χ1) is 17.2. The van der Waals surface area contributed by atoms with Gasteiger partial charge in [0.1, 0.15) is 5.82 Å². The van der Waals surface area contributed by atoms with E-state index in [4.69, 9.17) is 4.98 Å². The van der Waals surface area contributed by atoms with Gasteiger partial charge in [-0.05, 0) is 49.2 Å². The third-order valence-corrected chi connectivity index (χ3v) is 6.44. The molecule has 1 aromatic heterocycles. The molecule has 3 aromatic rings. The summed E-state index contributed by atoms with van der Waals surface area (Å²) in [6.07, 6.45) is 0.334. The Labute approximate surface area is 210 Å². The van der Waals surface area contributed by atoms with Crippen LogP contribution in [0.1, 0.15) is 34.8 Å². The van der Waals surface area contributed by atoms with E-state index in [9.17, 15) is 19.5 Å². The monoisotopic (exact) mass is 489 g/mol. The number of para-hydroxylation sites is 1. The van der Waals surface area contributed by atoms with Crippen LogP contribution >= 0.6 is 0 Å². The summed E-state index contributed by atoms with van der Waals surface area (Å²) in [5.74, 6) is -0.658. The van der Waals surface area contributed by atoms with Crippen LogP contribution in [0.25, 0.3) is 10.9 Å². The van der Waals surface area contributed by atoms with Gasteiger partial charge in [0.05, 0.1) is 17.6 Å². The molecule has 0 aliphatic carbocycles. The molecule has 2 heterocycles. The van der Waals surface area contributed by atoms with Crippen molar-refractivity contribution in [3.05, 3.63) is 59.2 Å². The summed E-state index contributed by atoms with van der Waals surface area (Å²) in [5, 5.41) is 16.1. The molecule has 188 valence electrons. The zero-order valence-electron chi connectivity index (χ0n) is 20.8. The van der Waals surface area contributed by atoms with Gasteiger partial charge in [-0.15, -0.1) is 0 Å². The first kappa shape index (κ1) is 25.1. The largest absolute Gasteiger partial charge is 0.478 e. The standard InChI is InChI=1S/C27H31N5O4/c1-4-24(33)28-19-8-9-22-20(14-19)21(27(35)36)15-23(29-22)32-12-10-31(11-13-32)16-25(34)30-26-17(2)6-5-7-18(26)3/h5-9,14-15H,4,10-13,16H2,1-3H3,(H,28,33)(H,30,34)(H,35,36). The van der Waals surface area contributed by atoms with Gasteiger partial charge in [-0.3, -0.25) is 14.5 Å². The molecule has 2 aromatic carbocycles. The van der Waals surface area contributed by atoms with Gasteiger partial charge < -0.3 is 20.6 Å². The molecule has 3 N–H and O–H groups in total. The van der Waals surface area contributed by atoms with Gasteiger partial charge in [0.2, 0.25) is 11.8 Å². The van der Waals surface area contributed by atoms with Crippen LogP contribution in [0, 0.1) is 13.8 Å². The predicted octanol–water partition coefficient (Wildman–Crippen LogP) is 3.66. The maximum atomic E-state index is 12.6. The van der Waals surface area contributed by atoms with E-state index in [2.05, 4.69) is 15.5 Å². The number of carboxylic acid groups (broad SMARTS) is 1. The third-order valence-electron chi connectivity index (χ3n) is 6.44. The highest BCUT2D eigenvalue weighted by Crippen LogP contribution is 2.27. The highest BCUT2D eigenvalue weighted by atomic mass is 16.4. The highest BCUT2D eigenvalue weighted by Gasteiger charge is 2.22. The van der Waals surface area contributed by atoms with Crippen LogP contribution in [0.3, 0.4) is 0 Å². The molecular weight excluding hydrogens is 458 g/mol. The van der Waals surface area contributed by atoms with Crippen molar-refractivity contribution in [2.75, 3.05) is 48.3 Å². The van der Waals surface area contributed by atoms with Crippen molar-refractivity contribution < 1.29 is 19.5 Å². The smallest absolute Gasteiger partial charge is 0.336 e. The Kier molecular flexibility index (Phi) is 7.49. The fraction of sp³-hybridized carbons (Fsp3) is 0.333. The Morgan fingerprint density at radius 1 is 0.944 bits per heavy atom. The third kappa shape index (κ3) is 5.63. The number of piperazine rings is 1. The number of aryl methyl sites for hydroxylation is 2. The van der Waals surface area contributed by atoms with Gasteiger partial charge in [0.25, 0.3) is 0 Å². The Bertz CT molecular complexity index is 1290. The Hall–Kier alpha value is -3.98. The molecule has 36 heavy (non-hydrogen) atoms. The summed E-state index contributed by atoms with van der Waals surface area (Å²) in [6.45, 7) is 8.56. The van der Waals surface area contributed by atoms with Crippen molar-refractivity contribution in [2.45, 2.75) is 27.2 Å². The van der Waals surface area contributed by atoms with Crippen molar-refractivity contribution >= 4 is 45.9 Å². The fourth-order valence-electron chi connectivity index (χ4n) is 4.41. The lowest BCUT2D eigenvalue weighted by atomic mass is 10.1. The van der Waals surface area contributed by atoms with Gasteiger partial charge >= 0.3 is 5.97 Å². The van der Waals surface area contributed by atoms with Gasteiger partial charge in [0, 0.05) is 49.4 Å². The summed E-state index contributed by atoms with van der Waals surface area (Å²) >= 11 is 0. The zero-order chi connectivity index (χ0) is 25.8. The van der Waals surface area contributed by atoms with E-state index >= 15 is 0 Å². The van der Waals surface area contributed by atoms with Crippen LogP contribution in [0.2, 0.25) is 0 Å². The quantitative estimate of drug-likeness (QED) is 0.464. The number of aromatic carboxylic acids is 1. The normalized spacial score (nSPS) is 14.0. The average molecular weight is 490 g/mol. The second kappa shape index (κ2) is 10.7. The van der Waals surface area contributed by atoms with Crippen LogP contribution in [0.5, 0.6) is 0 Å². The number of rotatable bonds is 7. The molecule has 0 radical (unpaired) electrons. The zero-order valence-corrected chi connectivity index (χ0v) is 20.8. The minimum atomic E-state index is -1.05. The minimum absolute atomic E-state index is 0.0520. The van der Waals surface area contributed by atoms with Gasteiger partial charge in [-0.1, -0.05) is 25.1 Å². The summed E-state index contributed by atoms with van der Waals surface area (Å²) in [7, 11) is 0. The number of carbonyl (C=O) groups is 3. The summed E-state index contributed by atoms with van der Waals surface area (Å²) < 4.78 is 0. The van der Waals surface area contributed by atoms with Crippen LogP contribution in [0.15, 0.2) is 42.5 Å².